The molecule has 0 unspecified atom stereocenters. The number of carboxylic acids is 1. The SMILES string of the molecule is Cc1cc(CCC(=O)c2cc3ccccc3s2)cc(C)c1OC(C)(C)C(=O)O. The van der Waals surface area contributed by atoms with Gasteiger partial charge >= 0.3 is 5.97 Å². The topological polar surface area (TPSA) is 63.6 Å². The van der Waals surface area contributed by atoms with E-state index < -0.39 is 11.6 Å². The number of ketones is 1. The van der Waals surface area contributed by atoms with Crippen molar-refractivity contribution in [3.05, 3.63) is 64.0 Å². The molecule has 0 amide bonds. The van der Waals surface area contributed by atoms with Gasteiger partial charge in [-0.2, -0.15) is 0 Å². The van der Waals surface area contributed by atoms with E-state index in [0.29, 0.717) is 18.6 Å². The molecule has 0 saturated heterocycles. The number of aryl methyl sites for hydroxylation is 3. The Morgan fingerprint density at radius 2 is 1.71 bits per heavy atom. The Bertz CT molecular complexity index is 990. The second kappa shape index (κ2) is 7.76. The third kappa shape index (κ3) is 4.25. The lowest BCUT2D eigenvalue weighted by Crippen LogP contribution is -2.38. The summed E-state index contributed by atoms with van der Waals surface area (Å²) < 4.78 is 6.87. The molecule has 0 saturated carbocycles. The number of rotatable bonds is 7. The smallest absolute Gasteiger partial charge is 0.347 e. The van der Waals surface area contributed by atoms with E-state index in [4.69, 9.17) is 4.74 Å². The van der Waals surface area contributed by atoms with Crippen LogP contribution in [0.4, 0.5) is 0 Å². The lowest BCUT2D eigenvalue weighted by Gasteiger charge is -2.24. The molecule has 0 atom stereocenters. The second-order valence-corrected chi connectivity index (χ2v) is 8.63. The Morgan fingerprint density at radius 3 is 2.32 bits per heavy atom. The molecule has 5 heteroatoms. The van der Waals surface area contributed by atoms with E-state index in [-0.39, 0.29) is 5.78 Å². The van der Waals surface area contributed by atoms with E-state index in [2.05, 4.69) is 0 Å². The molecule has 2 aromatic carbocycles. The predicted octanol–water partition coefficient (Wildman–Crippen LogP) is 5.58. The van der Waals surface area contributed by atoms with E-state index in [1.807, 2.05) is 56.3 Å². The number of hydrogen-bond acceptors (Lipinski definition) is 4. The first-order chi connectivity index (χ1) is 13.2. The van der Waals surface area contributed by atoms with E-state index in [1.54, 1.807) is 0 Å². The normalized spacial score (nSPS) is 11.6. The maximum Gasteiger partial charge on any atom is 0.347 e. The van der Waals surface area contributed by atoms with Crippen molar-refractivity contribution < 1.29 is 19.4 Å². The Kier molecular flexibility index (Phi) is 5.57. The van der Waals surface area contributed by atoms with Crippen molar-refractivity contribution in [3.63, 3.8) is 0 Å². The van der Waals surface area contributed by atoms with Crippen LogP contribution in [0.5, 0.6) is 5.75 Å². The number of carbonyl (C=O) groups is 2. The third-order valence-corrected chi connectivity index (χ3v) is 5.89. The highest BCUT2D eigenvalue weighted by Crippen LogP contribution is 2.30. The largest absolute Gasteiger partial charge is 0.478 e. The van der Waals surface area contributed by atoms with Gasteiger partial charge in [0.05, 0.1) is 4.88 Å². The first-order valence-electron chi connectivity index (χ1n) is 9.21. The molecule has 1 aromatic heterocycles. The fourth-order valence-electron chi connectivity index (χ4n) is 3.14. The molecule has 28 heavy (non-hydrogen) atoms. The minimum Gasteiger partial charge on any atom is -0.478 e. The number of carbonyl (C=O) groups excluding carboxylic acids is 1. The molecular formula is C23H24O4S. The minimum absolute atomic E-state index is 0.142. The zero-order valence-electron chi connectivity index (χ0n) is 16.5. The van der Waals surface area contributed by atoms with E-state index in [1.165, 1.54) is 25.2 Å². The summed E-state index contributed by atoms with van der Waals surface area (Å²) in [7, 11) is 0. The molecule has 4 nitrogen and oxygen atoms in total. The quantitative estimate of drug-likeness (QED) is 0.530. The van der Waals surface area contributed by atoms with Crippen molar-refractivity contribution in [1.29, 1.82) is 0 Å². The molecule has 1 heterocycles. The van der Waals surface area contributed by atoms with E-state index in [0.717, 1.165) is 31.7 Å². The zero-order chi connectivity index (χ0) is 20.5. The number of ether oxygens (including phenoxy) is 1. The third-order valence-electron chi connectivity index (χ3n) is 4.73. The number of hydrogen-bond donors (Lipinski definition) is 1. The highest BCUT2D eigenvalue weighted by molar-refractivity contribution is 7.20. The summed E-state index contributed by atoms with van der Waals surface area (Å²) in [4.78, 5) is 24.7. The van der Waals surface area contributed by atoms with Crippen LogP contribution in [0.15, 0.2) is 42.5 Å². The molecule has 0 fully saturated rings. The van der Waals surface area contributed by atoms with Crippen LogP contribution in [0.25, 0.3) is 10.1 Å². The molecule has 0 bridgehead atoms. The fraction of sp³-hybridized carbons (Fsp3) is 0.304. The molecule has 0 spiro atoms. The summed E-state index contributed by atoms with van der Waals surface area (Å²) in [5.74, 6) is -0.278. The van der Waals surface area contributed by atoms with Crippen LogP contribution in [-0.2, 0) is 11.2 Å². The summed E-state index contributed by atoms with van der Waals surface area (Å²) in [6.45, 7) is 6.87. The Morgan fingerprint density at radius 1 is 1.07 bits per heavy atom. The Labute approximate surface area is 168 Å². The van der Waals surface area contributed by atoms with E-state index in [9.17, 15) is 14.7 Å². The van der Waals surface area contributed by atoms with Gasteiger partial charge < -0.3 is 9.84 Å². The number of benzene rings is 2. The van der Waals surface area contributed by atoms with Crippen LogP contribution in [-0.4, -0.2) is 22.5 Å². The van der Waals surface area contributed by atoms with Gasteiger partial charge in [0.15, 0.2) is 11.4 Å². The van der Waals surface area contributed by atoms with Crippen LogP contribution in [0, 0.1) is 13.8 Å². The minimum atomic E-state index is -1.30. The van der Waals surface area contributed by atoms with Gasteiger partial charge in [0.25, 0.3) is 0 Å². The van der Waals surface area contributed by atoms with Crippen molar-refractivity contribution >= 4 is 33.2 Å². The summed E-state index contributed by atoms with van der Waals surface area (Å²) in [5, 5.41) is 10.4. The number of carboxylic acid groups (broad SMARTS) is 1. The monoisotopic (exact) mass is 396 g/mol. The average Bonchev–Trinajstić information content (AvgIpc) is 3.07. The average molecular weight is 397 g/mol. The van der Waals surface area contributed by atoms with Gasteiger partial charge in [-0.05, 0) is 68.3 Å². The molecule has 3 rings (SSSR count). The first kappa shape index (κ1) is 20.1. The number of fused-ring (bicyclic) bond motifs is 1. The lowest BCUT2D eigenvalue weighted by atomic mass is 10.00. The van der Waals surface area contributed by atoms with Gasteiger partial charge in [0.1, 0.15) is 5.75 Å². The van der Waals surface area contributed by atoms with Crippen LogP contribution in [0.3, 0.4) is 0 Å². The molecule has 0 radical (unpaired) electrons. The zero-order valence-corrected chi connectivity index (χ0v) is 17.4. The van der Waals surface area contributed by atoms with Crippen molar-refractivity contribution in [2.45, 2.75) is 46.1 Å². The molecule has 0 aliphatic heterocycles. The first-order valence-corrected chi connectivity index (χ1v) is 10.0. The van der Waals surface area contributed by atoms with Gasteiger partial charge in [0, 0.05) is 11.1 Å². The fourth-order valence-corrected chi connectivity index (χ4v) is 4.17. The molecule has 1 N–H and O–H groups in total. The van der Waals surface area contributed by atoms with Crippen molar-refractivity contribution in [2.24, 2.45) is 0 Å². The summed E-state index contributed by atoms with van der Waals surface area (Å²) in [6, 6.07) is 13.9. The molecule has 0 aliphatic rings. The van der Waals surface area contributed by atoms with Gasteiger partial charge in [-0.1, -0.05) is 30.3 Å². The van der Waals surface area contributed by atoms with Crippen molar-refractivity contribution in [3.8, 4) is 5.75 Å². The van der Waals surface area contributed by atoms with Crippen LogP contribution in [0.1, 0.15) is 46.6 Å². The molecule has 3 aromatic rings. The number of Topliss-reactive ketones (excluding diaryl/α,β-unsaturated/α-hetero) is 1. The Balaban J connectivity index is 1.72. The van der Waals surface area contributed by atoms with Gasteiger partial charge in [-0.3, -0.25) is 4.79 Å². The predicted molar refractivity (Wildman–Crippen MR) is 113 cm³/mol. The van der Waals surface area contributed by atoms with Gasteiger partial charge in [-0.15, -0.1) is 11.3 Å². The second-order valence-electron chi connectivity index (χ2n) is 7.55. The number of aliphatic carboxylic acids is 1. The maximum absolute atomic E-state index is 12.6. The summed E-state index contributed by atoms with van der Waals surface area (Å²) in [5.41, 5.74) is 1.50. The summed E-state index contributed by atoms with van der Waals surface area (Å²) >= 11 is 1.53. The standard InChI is InChI=1S/C23H24O4S/c1-14-11-16(12-15(2)21(14)27-23(3,4)22(25)26)9-10-18(24)20-13-17-7-5-6-8-19(17)28-20/h5-8,11-13H,9-10H2,1-4H3,(H,25,26). The number of thiophene rings is 1. The molecule has 0 aliphatic carbocycles. The van der Waals surface area contributed by atoms with Crippen molar-refractivity contribution in [1.82, 2.24) is 0 Å². The van der Waals surface area contributed by atoms with Crippen LogP contribution >= 0.6 is 11.3 Å². The van der Waals surface area contributed by atoms with Crippen LogP contribution < -0.4 is 4.74 Å². The highest BCUT2D eigenvalue weighted by Gasteiger charge is 2.30. The highest BCUT2D eigenvalue weighted by atomic mass is 32.1. The van der Waals surface area contributed by atoms with Gasteiger partial charge in [0.2, 0.25) is 0 Å². The van der Waals surface area contributed by atoms with Crippen LogP contribution in [0.2, 0.25) is 0 Å². The van der Waals surface area contributed by atoms with Crippen molar-refractivity contribution in [2.75, 3.05) is 0 Å². The maximum atomic E-state index is 12.6. The van der Waals surface area contributed by atoms with E-state index >= 15 is 0 Å². The molecule has 146 valence electrons. The Hall–Kier alpha value is -2.66. The van der Waals surface area contributed by atoms with Gasteiger partial charge in [-0.25, -0.2) is 4.79 Å². The lowest BCUT2D eigenvalue weighted by molar-refractivity contribution is -0.152. The summed E-state index contributed by atoms with van der Waals surface area (Å²) in [6.07, 6.45) is 1.07. The molecular weight excluding hydrogens is 372 g/mol.